The molecule has 0 bridgehead atoms. The number of hydrogen-bond acceptors (Lipinski definition) is 3. The molecule has 6 heteroatoms. The Hall–Kier alpha value is -1.04. The normalized spacial score (nSPS) is 22.8. The van der Waals surface area contributed by atoms with Crippen LogP contribution in [-0.2, 0) is 6.54 Å². The third-order valence-electron chi connectivity index (χ3n) is 3.87. The van der Waals surface area contributed by atoms with E-state index in [1.807, 2.05) is 4.90 Å². The number of amides is 1. The lowest BCUT2D eigenvalue weighted by Crippen LogP contribution is -2.42. The van der Waals surface area contributed by atoms with Gasteiger partial charge in [0.05, 0.1) is 6.61 Å². The van der Waals surface area contributed by atoms with E-state index in [1.54, 1.807) is 4.68 Å². The molecule has 0 aliphatic carbocycles. The first kappa shape index (κ1) is 13.0. The molecule has 0 aromatic carbocycles. The summed E-state index contributed by atoms with van der Waals surface area (Å²) >= 11 is 3.47. The number of fused-ring (bicyclic) bond motifs is 1. The minimum Gasteiger partial charge on any atom is -0.477 e. The molecule has 3 rings (SSSR count). The predicted molar refractivity (Wildman–Crippen MR) is 74.4 cm³/mol. The van der Waals surface area contributed by atoms with Crippen LogP contribution in [-0.4, -0.2) is 39.8 Å². The van der Waals surface area contributed by atoms with Crippen molar-refractivity contribution in [2.75, 3.05) is 13.2 Å². The quantitative estimate of drug-likeness (QED) is 0.796. The van der Waals surface area contributed by atoms with Gasteiger partial charge in [0.2, 0.25) is 5.88 Å². The molecule has 1 atom stereocenters. The number of rotatable bonds is 1. The van der Waals surface area contributed by atoms with Crippen molar-refractivity contribution in [2.45, 2.75) is 45.2 Å². The summed E-state index contributed by atoms with van der Waals surface area (Å²) in [5.41, 5.74) is 0.491. The molecule has 1 amide bonds. The minimum absolute atomic E-state index is 0.0181. The van der Waals surface area contributed by atoms with Crippen molar-refractivity contribution in [3.8, 4) is 5.88 Å². The summed E-state index contributed by atoms with van der Waals surface area (Å²) < 4.78 is 8.07. The number of hydrogen-bond donors (Lipinski definition) is 0. The van der Waals surface area contributed by atoms with Crippen LogP contribution in [0.25, 0.3) is 0 Å². The fourth-order valence-corrected chi connectivity index (χ4v) is 3.34. The highest BCUT2D eigenvalue weighted by Crippen LogP contribution is 2.32. The second kappa shape index (κ2) is 5.15. The number of aromatic nitrogens is 2. The van der Waals surface area contributed by atoms with Crippen LogP contribution in [0, 0.1) is 0 Å². The van der Waals surface area contributed by atoms with Crippen LogP contribution >= 0.6 is 15.9 Å². The van der Waals surface area contributed by atoms with Crippen molar-refractivity contribution in [3.63, 3.8) is 0 Å². The van der Waals surface area contributed by atoms with E-state index < -0.39 is 0 Å². The maximum absolute atomic E-state index is 12.6. The number of likely N-dealkylation sites (tertiary alicyclic amines) is 1. The molecule has 1 aromatic heterocycles. The van der Waals surface area contributed by atoms with Crippen LogP contribution < -0.4 is 4.74 Å². The number of piperidine rings is 1. The van der Waals surface area contributed by atoms with Gasteiger partial charge in [-0.15, -0.1) is 0 Å². The Balaban J connectivity index is 1.89. The first-order chi connectivity index (χ1) is 9.18. The Morgan fingerprint density at radius 2 is 2.21 bits per heavy atom. The molecular weight excluding hydrogens is 310 g/mol. The molecule has 19 heavy (non-hydrogen) atoms. The molecule has 104 valence electrons. The van der Waals surface area contributed by atoms with Gasteiger partial charge >= 0.3 is 0 Å². The van der Waals surface area contributed by atoms with Crippen molar-refractivity contribution >= 4 is 21.8 Å². The van der Waals surface area contributed by atoms with Gasteiger partial charge in [-0.1, -0.05) is 0 Å². The number of ether oxygens (including phenoxy) is 1. The monoisotopic (exact) mass is 327 g/mol. The predicted octanol–water partition coefficient (Wildman–Crippen LogP) is 2.44. The highest BCUT2D eigenvalue weighted by atomic mass is 79.9. The van der Waals surface area contributed by atoms with Gasteiger partial charge in [-0.05, 0) is 42.1 Å². The Bertz CT molecular complexity index is 500. The molecule has 1 aromatic rings. The molecule has 0 saturated carbocycles. The van der Waals surface area contributed by atoms with Gasteiger partial charge in [0.25, 0.3) is 5.91 Å². The van der Waals surface area contributed by atoms with Crippen molar-refractivity contribution in [3.05, 3.63) is 10.2 Å². The lowest BCUT2D eigenvalue weighted by Gasteiger charge is -2.32. The lowest BCUT2D eigenvalue weighted by molar-refractivity contribution is 0.0627. The van der Waals surface area contributed by atoms with Gasteiger partial charge in [0, 0.05) is 25.6 Å². The van der Waals surface area contributed by atoms with Gasteiger partial charge in [0.1, 0.15) is 4.47 Å². The van der Waals surface area contributed by atoms with E-state index in [9.17, 15) is 4.79 Å². The van der Waals surface area contributed by atoms with Crippen molar-refractivity contribution in [1.29, 1.82) is 0 Å². The van der Waals surface area contributed by atoms with Gasteiger partial charge in [-0.2, -0.15) is 5.10 Å². The first-order valence-corrected chi connectivity index (χ1v) is 7.68. The van der Waals surface area contributed by atoms with Crippen LogP contribution in [0.1, 0.15) is 43.1 Å². The minimum atomic E-state index is 0.0181. The fourth-order valence-electron chi connectivity index (χ4n) is 2.77. The molecule has 3 heterocycles. The van der Waals surface area contributed by atoms with E-state index in [2.05, 4.69) is 28.0 Å². The largest absolute Gasteiger partial charge is 0.477 e. The highest BCUT2D eigenvalue weighted by molar-refractivity contribution is 9.10. The van der Waals surface area contributed by atoms with Gasteiger partial charge < -0.3 is 9.64 Å². The second-order valence-electron chi connectivity index (χ2n) is 5.24. The van der Waals surface area contributed by atoms with Crippen LogP contribution in [0.3, 0.4) is 0 Å². The number of carbonyl (C=O) groups excluding carboxylic acids is 1. The zero-order valence-electron chi connectivity index (χ0n) is 11.1. The van der Waals surface area contributed by atoms with Crippen molar-refractivity contribution in [2.24, 2.45) is 0 Å². The van der Waals surface area contributed by atoms with Gasteiger partial charge in [-0.25, -0.2) is 4.68 Å². The SMILES string of the molecule is CC1CCCCN1C(=O)c1nn2c(c1Br)OCCC2. The maximum atomic E-state index is 12.6. The molecule has 5 nitrogen and oxygen atoms in total. The van der Waals surface area contributed by atoms with Crippen LogP contribution in [0.2, 0.25) is 0 Å². The summed E-state index contributed by atoms with van der Waals surface area (Å²) in [5, 5.41) is 4.41. The second-order valence-corrected chi connectivity index (χ2v) is 6.03. The highest BCUT2D eigenvalue weighted by Gasteiger charge is 2.30. The molecular formula is C13H18BrN3O2. The van der Waals surface area contributed by atoms with Crippen LogP contribution in [0.5, 0.6) is 5.88 Å². The van der Waals surface area contributed by atoms with Gasteiger partial charge in [-0.3, -0.25) is 4.79 Å². The number of nitrogens with zero attached hydrogens (tertiary/aromatic N) is 3. The van der Waals surface area contributed by atoms with Crippen LogP contribution in [0.4, 0.5) is 0 Å². The zero-order valence-corrected chi connectivity index (χ0v) is 12.6. The smallest absolute Gasteiger partial charge is 0.275 e. The standard InChI is InChI=1S/C13H18BrN3O2/c1-9-5-2-3-6-16(9)12(18)11-10(14)13-17(15-11)7-4-8-19-13/h9H,2-8H2,1H3. The van der Waals surface area contributed by atoms with E-state index in [4.69, 9.17) is 4.74 Å². The average molecular weight is 328 g/mol. The van der Waals surface area contributed by atoms with E-state index in [-0.39, 0.29) is 5.91 Å². The molecule has 2 aliphatic rings. The van der Waals surface area contributed by atoms with E-state index in [0.717, 1.165) is 32.4 Å². The molecule has 0 radical (unpaired) electrons. The topological polar surface area (TPSA) is 47.4 Å². The maximum Gasteiger partial charge on any atom is 0.275 e. The summed E-state index contributed by atoms with van der Waals surface area (Å²) in [6, 6.07) is 0.299. The zero-order chi connectivity index (χ0) is 13.4. The van der Waals surface area contributed by atoms with E-state index in [0.29, 0.717) is 28.7 Å². The summed E-state index contributed by atoms with van der Waals surface area (Å²) in [5.74, 6) is 0.712. The van der Waals surface area contributed by atoms with Crippen molar-refractivity contribution < 1.29 is 9.53 Å². The van der Waals surface area contributed by atoms with Crippen LogP contribution in [0.15, 0.2) is 4.47 Å². The summed E-state index contributed by atoms with van der Waals surface area (Å²) in [4.78, 5) is 14.5. The Morgan fingerprint density at radius 1 is 1.37 bits per heavy atom. The summed E-state index contributed by atoms with van der Waals surface area (Å²) in [7, 11) is 0. The van der Waals surface area contributed by atoms with E-state index in [1.165, 1.54) is 6.42 Å². The number of halogens is 1. The average Bonchev–Trinajstić information content (AvgIpc) is 2.77. The number of aryl methyl sites for hydroxylation is 1. The van der Waals surface area contributed by atoms with E-state index >= 15 is 0 Å². The summed E-state index contributed by atoms with van der Waals surface area (Å²) in [6.45, 7) is 4.45. The summed E-state index contributed by atoms with van der Waals surface area (Å²) in [6.07, 6.45) is 4.30. The first-order valence-electron chi connectivity index (χ1n) is 6.88. The lowest BCUT2D eigenvalue weighted by atomic mass is 10.0. The molecule has 0 spiro atoms. The third kappa shape index (κ3) is 2.26. The van der Waals surface area contributed by atoms with Crippen molar-refractivity contribution in [1.82, 2.24) is 14.7 Å². The number of carbonyl (C=O) groups is 1. The van der Waals surface area contributed by atoms with Gasteiger partial charge in [0.15, 0.2) is 5.69 Å². The Kier molecular flexibility index (Phi) is 3.52. The molecule has 0 N–H and O–H groups in total. The molecule has 2 aliphatic heterocycles. The molecule has 1 unspecified atom stereocenters. The molecule has 1 fully saturated rings. The Labute approximate surface area is 121 Å². The molecule has 1 saturated heterocycles. The third-order valence-corrected chi connectivity index (χ3v) is 4.59. The Morgan fingerprint density at radius 3 is 2.95 bits per heavy atom. The fraction of sp³-hybridized carbons (Fsp3) is 0.692.